The minimum absolute atomic E-state index is 0.0318. The summed E-state index contributed by atoms with van der Waals surface area (Å²) in [5.41, 5.74) is 1.15. The third-order valence-electron chi connectivity index (χ3n) is 3.66. The molecule has 5 nitrogen and oxygen atoms in total. The Bertz CT molecular complexity index is 546. The average Bonchev–Trinajstić information content (AvgIpc) is 2.36. The van der Waals surface area contributed by atoms with Crippen LogP contribution >= 0.6 is 0 Å². The number of hydrogen-bond donors (Lipinski definition) is 1. The van der Waals surface area contributed by atoms with Crippen molar-refractivity contribution in [2.75, 3.05) is 5.32 Å². The molecule has 1 aromatic rings. The number of esters is 1. The number of amides is 1. The molecule has 1 atom stereocenters. The summed E-state index contributed by atoms with van der Waals surface area (Å²) in [5, 5.41) is 2.66. The highest BCUT2D eigenvalue weighted by Crippen LogP contribution is 2.27. The lowest BCUT2D eigenvalue weighted by Crippen LogP contribution is -2.34. The van der Waals surface area contributed by atoms with Crippen molar-refractivity contribution < 1.29 is 19.1 Å². The van der Waals surface area contributed by atoms with Gasteiger partial charge in [0.05, 0.1) is 5.92 Å². The Hall–Kier alpha value is -2.17. The standard InChI is InChI=1S/C16H19NO4/c1-10(18)12-6-8-14(9-7-12)17-15(19)11(2)21-16(20)13-4-3-5-13/h6-9,11,13H,3-5H2,1-2H3,(H,17,19)/t11-/m1/s1. The fraction of sp³-hybridized carbons (Fsp3) is 0.438. The van der Waals surface area contributed by atoms with Gasteiger partial charge in [-0.2, -0.15) is 0 Å². The molecule has 1 N–H and O–H groups in total. The van der Waals surface area contributed by atoms with Crippen LogP contribution in [0.15, 0.2) is 24.3 Å². The fourth-order valence-electron chi connectivity index (χ4n) is 2.00. The lowest BCUT2D eigenvalue weighted by molar-refractivity contribution is -0.159. The van der Waals surface area contributed by atoms with E-state index in [0.717, 1.165) is 19.3 Å². The van der Waals surface area contributed by atoms with Crippen molar-refractivity contribution in [2.45, 2.75) is 39.2 Å². The van der Waals surface area contributed by atoms with Gasteiger partial charge in [-0.05, 0) is 51.0 Å². The average molecular weight is 289 g/mol. The van der Waals surface area contributed by atoms with E-state index < -0.39 is 6.10 Å². The Morgan fingerprint density at radius 2 is 1.81 bits per heavy atom. The summed E-state index contributed by atoms with van der Waals surface area (Å²) in [5.74, 6) is -0.750. The van der Waals surface area contributed by atoms with Gasteiger partial charge in [0.15, 0.2) is 11.9 Å². The second kappa shape index (κ2) is 6.52. The lowest BCUT2D eigenvalue weighted by atomic mass is 9.86. The number of ketones is 1. The van der Waals surface area contributed by atoms with Crippen LogP contribution in [0.2, 0.25) is 0 Å². The molecule has 1 aliphatic rings. The lowest BCUT2D eigenvalue weighted by Gasteiger charge is -2.24. The topological polar surface area (TPSA) is 72.5 Å². The summed E-state index contributed by atoms with van der Waals surface area (Å²) in [7, 11) is 0. The quantitative estimate of drug-likeness (QED) is 0.668. The molecule has 2 rings (SSSR count). The molecule has 5 heteroatoms. The molecule has 0 bridgehead atoms. The van der Waals surface area contributed by atoms with Gasteiger partial charge >= 0.3 is 5.97 Å². The van der Waals surface area contributed by atoms with Crippen LogP contribution in [-0.4, -0.2) is 23.8 Å². The van der Waals surface area contributed by atoms with Crippen LogP contribution in [0.1, 0.15) is 43.5 Å². The van der Waals surface area contributed by atoms with Crippen molar-refractivity contribution in [3.63, 3.8) is 0 Å². The molecule has 1 aromatic carbocycles. The molecule has 112 valence electrons. The number of hydrogen-bond acceptors (Lipinski definition) is 4. The first-order valence-electron chi connectivity index (χ1n) is 7.09. The van der Waals surface area contributed by atoms with Crippen LogP contribution in [0.25, 0.3) is 0 Å². The maximum atomic E-state index is 11.9. The molecule has 0 heterocycles. The van der Waals surface area contributed by atoms with Gasteiger partial charge in [-0.1, -0.05) is 6.42 Å². The van der Waals surface area contributed by atoms with Gasteiger partial charge in [0.2, 0.25) is 0 Å². The summed E-state index contributed by atoms with van der Waals surface area (Å²) < 4.78 is 5.15. The number of carbonyl (C=O) groups is 3. The van der Waals surface area contributed by atoms with E-state index in [1.807, 2.05) is 0 Å². The maximum absolute atomic E-state index is 11.9. The smallest absolute Gasteiger partial charge is 0.309 e. The van der Waals surface area contributed by atoms with Crippen LogP contribution in [-0.2, 0) is 14.3 Å². The van der Waals surface area contributed by atoms with Crippen LogP contribution in [0.3, 0.4) is 0 Å². The zero-order valence-corrected chi connectivity index (χ0v) is 12.2. The van der Waals surface area contributed by atoms with Gasteiger partial charge in [-0.15, -0.1) is 0 Å². The fourth-order valence-corrected chi connectivity index (χ4v) is 2.00. The van der Waals surface area contributed by atoms with E-state index in [2.05, 4.69) is 5.32 Å². The number of rotatable bonds is 5. The summed E-state index contributed by atoms with van der Waals surface area (Å²) in [6, 6.07) is 6.58. The summed E-state index contributed by atoms with van der Waals surface area (Å²) in [6.45, 7) is 3.03. The number of benzene rings is 1. The minimum Gasteiger partial charge on any atom is -0.452 e. The minimum atomic E-state index is -0.828. The molecule has 0 spiro atoms. The molecule has 1 amide bonds. The van der Waals surface area contributed by atoms with Gasteiger partial charge in [0.1, 0.15) is 0 Å². The van der Waals surface area contributed by atoms with Gasteiger partial charge in [-0.25, -0.2) is 0 Å². The van der Waals surface area contributed by atoms with Crippen molar-refractivity contribution in [2.24, 2.45) is 5.92 Å². The maximum Gasteiger partial charge on any atom is 0.309 e. The van der Waals surface area contributed by atoms with E-state index in [0.29, 0.717) is 11.3 Å². The number of anilines is 1. The Morgan fingerprint density at radius 3 is 2.29 bits per heavy atom. The predicted octanol–water partition coefficient (Wildman–Crippen LogP) is 2.56. The molecular weight excluding hydrogens is 270 g/mol. The first-order chi connectivity index (χ1) is 9.97. The van der Waals surface area contributed by atoms with Gasteiger partial charge in [-0.3, -0.25) is 14.4 Å². The van der Waals surface area contributed by atoms with Gasteiger partial charge in [0, 0.05) is 11.3 Å². The number of ether oxygens (including phenoxy) is 1. The summed E-state index contributed by atoms with van der Waals surface area (Å²) >= 11 is 0. The highest BCUT2D eigenvalue weighted by atomic mass is 16.5. The second-order valence-corrected chi connectivity index (χ2v) is 5.33. The second-order valence-electron chi connectivity index (χ2n) is 5.33. The molecule has 1 saturated carbocycles. The van der Waals surface area contributed by atoms with E-state index in [4.69, 9.17) is 4.74 Å². The highest BCUT2D eigenvalue weighted by Gasteiger charge is 2.29. The Labute approximate surface area is 123 Å². The normalized spacial score (nSPS) is 15.7. The van der Waals surface area contributed by atoms with Crippen molar-refractivity contribution in [1.82, 2.24) is 0 Å². The summed E-state index contributed by atoms with van der Waals surface area (Å²) in [4.78, 5) is 34.8. The third-order valence-corrected chi connectivity index (χ3v) is 3.66. The number of Topliss-reactive ketones (excluding diaryl/α,β-unsaturated/α-hetero) is 1. The molecule has 0 aliphatic heterocycles. The van der Waals surface area contributed by atoms with Crippen LogP contribution < -0.4 is 5.32 Å². The molecule has 0 unspecified atom stereocenters. The highest BCUT2D eigenvalue weighted by molar-refractivity contribution is 5.97. The van der Waals surface area contributed by atoms with Crippen molar-refractivity contribution >= 4 is 23.3 Å². The van der Waals surface area contributed by atoms with E-state index in [1.165, 1.54) is 6.92 Å². The molecule has 1 fully saturated rings. The van der Waals surface area contributed by atoms with Gasteiger partial charge < -0.3 is 10.1 Å². The monoisotopic (exact) mass is 289 g/mol. The van der Waals surface area contributed by atoms with E-state index >= 15 is 0 Å². The Kier molecular flexibility index (Phi) is 4.73. The Balaban J connectivity index is 1.87. The SMILES string of the molecule is CC(=O)c1ccc(NC(=O)[C@@H](C)OC(=O)C2CCC2)cc1. The molecule has 0 saturated heterocycles. The molecule has 1 aliphatic carbocycles. The molecular formula is C16H19NO4. The van der Waals surface area contributed by atoms with Gasteiger partial charge in [0.25, 0.3) is 5.91 Å². The largest absolute Gasteiger partial charge is 0.452 e. The third kappa shape index (κ3) is 3.90. The van der Waals surface area contributed by atoms with Crippen molar-refractivity contribution in [3.8, 4) is 0 Å². The van der Waals surface area contributed by atoms with Crippen molar-refractivity contribution in [3.05, 3.63) is 29.8 Å². The zero-order valence-electron chi connectivity index (χ0n) is 12.2. The van der Waals surface area contributed by atoms with Crippen LogP contribution in [0.4, 0.5) is 5.69 Å². The Morgan fingerprint density at radius 1 is 1.19 bits per heavy atom. The molecule has 21 heavy (non-hydrogen) atoms. The first kappa shape index (κ1) is 15.2. The van der Waals surface area contributed by atoms with E-state index in [1.54, 1.807) is 31.2 Å². The number of nitrogens with one attached hydrogen (secondary N) is 1. The first-order valence-corrected chi connectivity index (χ1v) is 7.09. The van der Waals surface area contributed by atoms with E-state index in [-0.39, 0.29) is 23.6 Å². The van der Waals surface area contributed by atoms with Crippen LogP contribution in [0, 0.1) is 5.92 Å². The van der Waals surface area contributed by atoms with Crippen LogP contribution in [0.5, 0.6) is 0 Å². The molecule has 0 aromatic heterocycles. The predicted molar refractivity (Wildman–Crippen MR) is 78.0 cm³/mol. The number of carbonyl (C=O) groups excluding carboxylic acids is 3. The molecule has 0 radical (unpaired) electrons. The van der Waals surface area contributed by atoms with E-state index in [9.17, 15) is 14.4 Å². The zero-order chi connectivity index (χ0) is 15.4. The van der Waals surface area contributed by atoms with Crippen molar-refractivity contribution in [1.29, 1.82) is 0 Å². The summed E-state index contributed by atoms with van der Waals surface area (Å²) in [6.07, 6.45) is 1.91.